The molecule has 3 amide bonds. The molecule has 3 unspecified atom stereocenters. The van der Waals surface area contributed by atoms with Gasteiger partial charge in [-0.25, -0.2) is 9.18 Å². The lowest BCUT2D eigenvalue weighted by Gasteiger charge is -2.24. The maximum atomic E-state index is 15.0. The number of halogens is 1. The maximum absolute atomic E-state index is 15.0. The van der Waals surface area contributed by atoms with Gasteiger partial charge in [-0.2, -0.15) is 0 Å². The molecular formula is C22H27FN4O6. The Kier molecular flexibility index (Phi) is 6.39. The van der Waals surface area contributed by atoms with Gasteiger partial charge in [0, 0.05) is 51.9 Å². The predicted octanol–water partition coefficient (Wildman–Crippen LogP) is 0.745. The van der Waals surface area contributed by atoms with Gasteiger partial charge in [-0.05, 0) is 18.2 Å². The largest absolute Gasteiger partial charge is 0.456 e. The Hall–Kier alpha value is -3.37. The van der Waals surface area contributed by atoms with Crippen molar-refractivity contribution in [1.82, 2.24) is 10.2 Å². The lowest BCUT2D eigenvalue weighted by atomic mass is 10.0. The van der Waals surface area contributed by atoms with E-state index in [1.165, 1.54) is 24.8 Å². The minimum absolute atomic E-state index is 0.203. The van der Waals surface area contributed by atoms with Crippen LogP contribution in [0, 0.1) is 17.7 Å². The minimum atomic E-state index is -0.577. The molecule has 10 nitrogen and oxygen atoms in total. The Morgan fingerprint density at radius 3 is 2.42 bits per heavy atom. The Morgan fingerprint density at radius 1 is 1.12 bits per heavy atom. The molecule has 33 heavy (non-hydrogen) atoms. The summed E-state index contributed by atoms with van der Waals surface area (Å²) in [4.78, 5) is 51.4. The molecule has 1 aromatic rings. The molecule has 1 aromatic carbocycles. The van der Waals surface area contributed by atoms with Gasteiger partial charge in [0.05, 0.1) is 24.5 Å². The Balaban J connectivity index is 1.35. The molecular weight excluding hydrogens is 435 g/mol. The van der Waals surface area contributed by atoms with Gasteiger partial charge in [-0.3, -0.25) is 19.3 Å². The number of hydrogen-bond donors (Lipinski definition) is 1. The Bertz CT molecular complexity index is 958. The molecule has 0 aromatic heterocycles. The van der Waals surface area contributed by atoms with E-state index in [0.29, 0.717) is 37.6 Å². The van der Waals surface area contributed by atoms with Crippen LogP contribution in [0.25, 0.3) is 0 Å². The molecule has 0 spiro atoms. The summed E-state index contributed by atoms with van der Waals surface area (Å²) in [6.07, 6.45) is -1.07. The van der Waals surface area contributed by atoms with Crippen molar-refractivity contribution in [2.24, 2.45) is 11.8 Å². The van der Waals surface area contributed by atoms with Crippen molar-refractivity contribution in [3.05, 3.63) is 24.0 Å². The van der Waals surface area contributed by atoms with Crippen molar-refractivity contribution in [1.29, 1.82) is 0 Å². The fourth-order valence-electron chi connectivity index (χ4n) is 4.66. The second-order valence-electron chi connectivity index (χ2n) is 8.69. The number of benzene rings is 1. The molecule has 4 rings (SSSR count). The van der Waals surface area contributed by atoms with Crippen LogP contribution >= 0.6 is 0 Å². The highest BCUT2D eigenvalue weighted by Gasteiger charge is 2.42. The SMILES string of the molecule is CC(=O)NCC1CN(c2ccc(N3CC4CN(C(=O)COC(C)=O)CC4C3)c(F)c2)C(=O)O1. The number of amides is 3. The highest BCUT2D eigenvalue weighted by Crippen LogP contribution is 2.36. The van der Waals surface area contributed by atoms with Crippen LogP contribution in [-0.4, -0.2) is 80.8 Å². The zero-order chi connectivity index (χ0) is 23.7. The number of nitrogens with one attached hydrogen (secondary N) is 1. The molecule has 0 saturated carbocycles. The monoisotopic (exact) mass is 462 g/mol. The third-order valence-corrected chi connectivity index (χ3v) is 6.27. The average molecular weight is 462 g/mol. The first kappa shape index (κ1) is 22.8. The van der Waals surface area contributed by atoms with E-state index in [-0.39, 0.29) is 43.3 Å². The van der Waals surface area contributed by atoms with Gasteiger partial charge in [0.2, 0.25) is 5.91 Å². The lowest BCUT2D eigenvalue weighted by molar-refractivity contribution is -0.149. The first-order valence-electron chi connectivity index (χ1n) is 10.9. The number of hydrogen-bond acceptors (Lipinski definition) is 7. The lowest BCUT2D eigenvalue weighted by Crippen LogP contribution is -2.36. The summed E-state index contributed by atoms with van der Waals surface area (Å²) >= 11 is 0. The van der Waals surface area contributed by atoms with Crippen LogP contribution in [0.15, 0.2) is 18.2 Å². The van der Waals surface area contributed by atoms with Gasteiger partial charge in [0.25, 0.3) is 5.91 Å². The smallest absolute Gasteiger partial charge is 0.414 e. The van der Waals surface area contributed by atoms with Gasteiger partial charge >= 0.3 is 12.1 Å². The zero-order valence-corrected chi connectivity index (χ0v) is 18.6. The number of anilines is 2. The summed E-state index contributed by atoms with van der Waals surface area (Å²) in [5.41, 5.74) is 0.849. The van der Waals surface area contributed by atoms with E-state index in [2.05, 4.69) is 5.32 Å². The third-order valence-electron chi connectivity index (χ3n) is 6.27. The van der Waals surface area contributed by atoms with E-state index in [0.717, 1.165) is 0 Å². The zero-order valence-electron chi connectivity index (χ0n) is 18.6. The molecule has 0 aliphatic carbocycles. The van der Waals surface area contributed by atoms with Gasteiger partial charge in [0.1, 0.15) is 11.9 Å². The molecule has 3 heterocycles. The number of rotatable bonds is 6. The van der Waals surface area contributed by atoms with E-state index >= 15 is 4.39 Å². The molecule has 3 atom stereocenters. The molecule has 0 bridgehead atoms. The average Bonchev–Trinajstić information content (AvgIpc) is 3.43. The minimum Gasteiger partial charge on any atom is -0.456 e. The number of cyclic esters (lactones) is 1. The van der Waals surface area contributed by atoms with Gasteiger partial charge in [-0.15, -0.1) is 0 Å². The molecule has 3 fully saturated rings. The molecule has 3 saturated heterocycles. The number of carbonyl (C=O) groups excluding carboxylic acids is 4. The highest BCUT2D eigenvalue weighted by molar-refractivity contribution is 5.90. The predicted molar refractivity (Wildman–Crippen MR) is 115 cm³/mol. The highest BCUT2D eigenvalue weighted by atomic mass is 19.1. The van der Waals surface area contributed by atoms with Crippen molar-refractivity contribution in [3.8, 4) is 0 Å². The fraction of sp³-hybridized carbons (Fsp3) is 0.545. The summed E-state index contributed by atoms with van der Waals surface area (Å²) in [6.45, 7) is 5.16. The number of nitrogens with zero attached hydrogens (tertiary/aromatic N) is 3. The second kappa shape index (κ2) is 9.24. The van der Waals surface area contributed by atoms with Crippen LogP contribution in [0.1, 0.15) is 13.8 Å². The van der Waals surface area contributed by atoms with Crippen molar-refractivity contribution in [2.75, 3.05) is 55.7 Å². The van der Waals surface area contributed by atoms with E-state index < -0.39 is 24.0 Å². The first-order chi connectivity index (χ1) is 15.7. The van der Waals surface area contributed by atoms with Gasteiger partial charge < -0.3 is 24.6 Å². The summed E-state index contributed by atoms with van der Waals surface area (Å²) in [7, 11) is 0. The topological polar surface area (TPSA) is 108 Å². The molecule has 11 heteroatoms. The number of likely N-dealkylation sites (tertiary alicyclic amines) is 1. The van der Waals surface area contributed by atoms with E-state index in [1.54, 1.807) is 17.0 Å². The third kappa shape index (κ3) is 5.01. The second-order valence-corrected chi connectivity index (χ2v) is 8.69. The summed E-state index contributed by atoms with van der Waals surface area (Å²) < 4.78 is 25.0. The van der Waals surface area contributed by atoms with Crippen LogP contribution in [0.5, 0.6) is 0 Å². The van der Waals surface area contributed by atoms with Crippen LogP contribution in [0.4, 0.5) is 20.6 Å². The van der Waals surface area contributed by atoms with Crippen LogP contribution in [0.2, 0.25) is 0 Å². The Morgan fingerprint density at radius 2 is 1.82 bits per heavy atom. The molecule has 3 aliphatic heterocycles. The summed E-state index contributed by atoms with van der Waals surface area (Å²) in [5.74, 6) is -0.920. The van der Waals surface area contributed by atoms with Crippen LogP contribution in [-0.2, 0) is 23.9 Å². The van der Waals surface area contributed by atoms with Gasteiger partial charge in [-0.1, -0.05) is 0 Å². The number of carbonyl (C=O) groups is 4. The van der Waals surface area contributed by atoms with E-state index in [4.69, 9.17) is 9.47 Å². The summed E-state index contributed by atoms with van der Waals surface area (Å²) in [6, 6.07) is 4.66. The molecule has 1 N–H and O–H groups in total. The molecule has 178 valence electrons. The molecule has 3 aliphatic rings. The van der Waals surface area contributed by atoms with Crippen molar-refractivity contribution in [3.63, 3.8) is 0 Å². The summed E-state index contributed by atoms with van der Waals surface area (Å²) in [5, 5.41) is 2.61. The van der Waals surface area contributed by atoms with E-state index in [1.807, 2.05) is 4.90 Å². The quantitative estimate of drug-likeness (QED) is 0.622. The van der Waals surface area contributed by atoms with Crippen LogP contribution in [0.3, 0.4) is 0 Å². The number of fused-ring (bicyclic) bond motifs is 1. The molecule has 0 radical (unpaired) electrons. The number of esters is 1. The van der Waals surface area contributed by atoms with Crippen molar-refractivity contribution >= 4 is 35.3 Å². The standard InChI is InChI=1S/C22H27FN4O6/c1-13(28)24-6-18-11-27(22(31)33-18)17-3-4-20(19(23)5-17)25-7-15-9-26(10-16(15)8-25)21(30)12-32-14(2)29/h3-5,15-16,18H,6-12H2,1-2H3,(H,24,28). The van der Waals surface area contributed by atoms with Crippen molar-refractivity contribution in [2.45, 2.75) is 20.0 Å². The van der Waals surface area contributed by atoms with Crippen molar-refractivity contribution < 1.29 is 33.0 Å². The van der Waals surface area contributed by atoms with Crippen LogP contribution < -0.4 is 15.1 Å². The Labute approximate surface area is 190 Å². The van der Waals surface area contributed by atoms with E-state index in [9.17, 15) is 19.2 Å². The number of ether oxygens (including phenoxy) is 2. The normalized spacial score (nSPS) is 24.0. The van der Waals surface area contributed by atoms with Gasteiger partial charge in [0.15, 0.2) is 6.61 Å². The first-order valence-corrected chi connectivity index (χ1v) is 10.9. The fourth-order valence-corrected chi connectivity index (χ4v) is 4.66. The maximum Gasteiger partial charge on any atom is 0.414 e.